The van der Waals surface area contributed by atoms with Gasteiger partial charge in [-0.2, -0.15) is 0 Å². The molecular weight excluding hydrogens is 280 g/mol. The van der Waals surface area contributed by atoms with E-state index in [9.17, 15) is 4.79 Å². The Hall–Kier alpha value is -1.75. The number of benzene rings is 1. The molecule has 1 aliphatic rings. The van der Waals surface area contributed by atoms with Gasteiger partial charge in [-0.1, -0.05) is 6.07 Å². The highest BCUT2D eigenvalue weighted by molar-refractivity contribution is 5.85. The van der Waals surface area contributed by atoms with Crippen LogP contribution in [0, 0.1) is 0 Å². The van der Waals surface area contributed by atoms with E-state index in [1.807, 2.05) is 52.0 Å². The first-order chi connectivity index (χ1) is 10.4. The molecule has 1 fully saturated rings. The fraction of sp³-hybridized carbons (Fsp3) is 0.588. The van der Waals surface area contributed by atoms with E-state index in [-0.39, 0.29) is 0 Å². The Morgan fingerprint density at radius 3 is 2.59 bits per heavy atom. The van der Waals surface area contributed by atoms with Gasteiger partial charge in [-0.15, -0.1) is 0 Å². The maximum atomic E-state index is 11.8. The van der Waals surface area contributed by atoms with Crippen molar-refractivity contribution in [2.24, 2.45) is 0 Å². The molecule has 0 radical (unpaired) electrons. The Labute approximate surface area is 132 Å². The molecule has 22 heavy (non-hydrogen) atoms. The van der Waals surface area contributed by atoms with Gasteiger partial charge in [0.1, 0.15) is 5.60 Å². The predicted octanol–water partition coefficient (Wildman–Crippen LogP) is 4.01. The van der Waals surface area contributed by atoms with Gasteiger partial charge in [0.05, 0.1) is 6.10 Å². The van der Waals surface area contributed by atoms with E-state index in [0.717, 1.165) is 30.8 Å². The van der Waals surface area contributed by atoms with Crippen LogP contribution in [0.1, 0.15) is 40.5 Å². The monoisotopic (exact) mass is 306 g/mol. The standard InChI is InChI=1S/C17H26N2O3/c1-5-21-15-10-14(11-15)18-12-7-6-8-13(9-12)19-16(20)22-17(2,3)4/h6-9,14-15,18H,5,10-11H2,1-4H3,(H,19,20). The molecule has 1 amide bonds. The lowest BCUT2D eigenvalue weighted by Gasteiger charge is -2.36. The minimum absolute atomic E-state index is 0.380. The SMILES string of the molecule is CCOC1CC(Nc2cccc(NC(=O)OC(C)(C)C)c2)C1. The number of anilines is 2. The lowest BCUT2D eigenvalue weighted by Crippen LogP contribution is -2.40. The summed E-state index contributed by atoms with van der Waals surface area (Å²) in [6.07, 6.45) is 1.99. The van der Waals surface area contributed by atoms with E-state index in [0.29, 0.717) is 12.1 Å². The number of carbonyl (C=O) groups is 1. The minimum Gasteiger partial charge on any atom is -0.444 e. The van der Waals surface area contributed by atoms with E-state index < -0.39 is 11.7 Å². The molecular formula is C17H26N2O3. The highest BCUT2D eigenvalue weighted by Gasteiger charge is 2.29. The highest BCUT2D eigenvalue weighted by Crippen LogP contribution is 2.27. The molecule has 0 atom stereocenters. The van der Waals surface area contributed by atoms with Crippen molar-refractivity contribution in [1.82, 2.24) is 0 Å². The second-order valence-electron chi connectivity index (χ2n) is 6.60. The molecule has 122 valence electrons. The van der Waals surface area contributed by atoms with Gasteiger partial charge in [0.15, 0.2) is 0 Å². The average molecular weight is 306 g/mol. The van der Waals surface area contributed by atoms with Crippen molar-refractivity contribution in [2.45, 2.75) is 58.3 Å². The molecule has 0 aliphatic heterocycles. The Balaban J connectivity index is 1.84. The molecule has 0 spiro atoms. The zero-order chi connectivity index (χ0) is 16.2. The number of carbonyl (C=O) groups excluding carboxylic acids is 1. The molecule has 0 heterocycles. The summed E-state index contributed by atoms with van der Waals surface area (Å²) < 4.78 is 10.8. The smallest absolute Gasteiger partial charge is 0.412 e. The van der Waals surface area contributed by atoms with Crippen LogP contribution < -0.4 is 10.6 Å². The highest BCUT2D eigenvalue weighted by atomic mass is 16.6. The van der Waals surface area contributed by atoms with Crippen LogP contribution >= 0.6 is 0 Å². The van der Waals surface area contributed by atoms with E-state index >= 15 is 0 Å². The van der Waals surface area contributed by atoms with E-state index in [4.69, 9.17) is 9.47 Å². The van der Waals surface area contributed by atoms with Crippen molar-refractivity contribution in [1.29, 1.82) is 0 Å². The van der Waals surface area contributed by atoms with E-state index in [1.54, 1.807) is 0 Å². The molecule has 0 unspecified atom stereocenters. The first-order valence-electron chi connectivity index (χ1n) is 7.84. The van der Waals surface area contributed by atoms with Crippen molar-refractivity contribution in [2.75, 3.05) is 17.2 Å². The maximum Gasteiger partial charge on any atom is 0.412 e. The summed E-state index contributed by atoms with van der Waals surface area (Å²) in [6, 6.07) is 8.10. The Kier molecular flexibility index (Phi) is 5.29. The van der Waals surface area contributed by atoms with Gasteiger partial charge in [0.2, 0.25) is 0 Å². The van der Waals surface area contributed by atoms with Gasteiger partial charge < -0.3 is 14.8 Å². The summed E-state index contributed by atoms with van der Waals surface area (Å²) in [4.78, 5) is 11.8. The Bertz CT molecular complexity index is 505. The predicted molar refractivity (Wildman–Crippen MR) is 88.4 cm³/mol. The summed E-state index contributed by atoms with van der Waals surface area (Å²) in [5.74, 6) is 0. The van der Waals surface area contributed by atoms with Gasteiger partial charge in [-0.3, -0.25) is 5.32 Å². The molecule has 2 N–H and O–H groups in total. The fourth-order valence-corrected chi connectivity index (χ4v) is 2.40. The van der Waals surface area contributed by atoms with Crippen molar-refractivity contribution in [3.63, 3.8) is 0 Å². The summed E-state index contributed by atoms with van der Waals surface area (Å²) in [5.41, 5.74) is 1.22. The van der Waals surface area contributed by atoms with Crippen LogP contribution in [0.3, 0.4) is 0 Å². The third-order valence-corrected chi connectivity index (χ3v) is 3.38. The lowest BCUT2D eigenvalue weighted by atomic mass is 9.89. The summed E-state index contributed by atoms with van der Waals surface area (Å²) in [5, 5.41) is 6.21. The van der Waals surface area contributed by atoms with Crippen molar-refractivity contribution < 1.29 is 14.3 Å². The zero-order valence-electron chi connectivity index (χ0n) is 13.8. The average Bonchev–Trinajstić information content (AvgIpc) is 2.34. The fourth-order valence-electron chi connectivity index (χ4n) is 2.40. The van der Waals surface area contributed by atoms with Crippen LogP contribution in [0.2, 0.25) is 0 Å². The van der Waals surface area contributed by atoms with E-state index in [1.165, 1.54) is 0 Å². The first-order valence-corrected chi connectivity index (χ1v) is 7.84. The van der Waals surface area contributed by atoms with Crippen LogP contribution in [0.5, 0.6) is 0 Å². The van der Waals surface area contributed by atoms with Crippen molar-refractivity contribution in [3.05, 3.63) is 24.3 Å². The van der Waals surface area contributed by atoms with Crippen LogP contribution in [-0.4, -0.2) is 30.4 Å². The topological polar surface area (TPSA) is 59.6 Å². The lowest BCUT2D eigenvalue weighted by molar-refractivity contribution is 0.00299. The Morgan fingerprint density at radius 1 is 1.27 bits per heavy atom. The largest absolute Gasteiger partial charge is 0.444 e. The summed E-state index contributed by atoms with van der Waals surface area (Å²) >= 11 is 0. The number of hydrogen-bond acceptors (Lipinski definition) is 4. The number of amides is 1. The first kappa shape index (κ1) is 16.6. The zero-order valence-corrected chi connectivity index (χ0v) is 13.8. The third kappa shape index (κ3) is 5.22. The van der Waals surface area contributed by atoms with Gasteiger partial charge in [0.25, 0.3) is 0 Å². The minimum atomic E-state index is -0.500. The molecule has 5 nitrogen and oxygen atoms in total. The van der Waals surface area contributed by atoms with Crippen LogP contribution in [0.25, 0.3) is 0 Å². The maximum absolute atomic E-state index is 11.8. The molecule has 1 aromatic carbocycles. The molecule has 1 aromatic rings. The Morgan fingerprint density at radius 2 is 1.95 bits per heavy atom. The van der Waals surface area contributed by atoms with Crippen LogP contribution in [-0.2, 0) is 9.47 Å². The molecule has 5 heteroatoms. The van der Waals surface area contributed by atoms with E-state index in [2.05, 4.69) is 10.6 Å². The molecule has 0 aromatic heterocycles. The van der Waals surface area contributed by atoms with Gasteiger partial charge in [-0.05, 0) is 58.7 Å². The normalized spacial score (nSPS) is 20.9. The third-order valence-electron chi connectivity index (χ3n) is 3.38. The van der Waals surface area contributed by atoms with Crippen molar-refractivity contribution >= 4 is 17.5 Å². The molecule has 0 bridgehead atoms. The number of hydrogen-bond donors (Lipinski definition) is 2. The second-order valence-corrected chi connectivity index (χ2v) is 6.60. The number of ether oxygens (including phenoxy) is 2. The summed E-state index contributed by atoms with van der Waals surface area (Å²) in [6.45, 7) is 8.32. The van der Waals surface area contributed by atoms with Gasteiger partial charge >= 0.3 is 6.09 Å². The summed E-state index contributed by atoms with van der Waals surface area (Å²) in [7, 11) is 0. The molecule has 2 rings (SSSR count). The van der Waals surface area contributed by atoms with Crippen molar-refractivity contribution in [3.8, 4) is 0 Å². The van der Waals surface area contributed by atoms with Crippen LogP contribution in [0.15, 0.2) is 24.3 Å². The quantitative estimate of drug-likeness (QED) is 0.863. The van der Waals surface area contributed by atoms with Gasteiger partial charge in [0, 0.05) is 24.0 Å². The van der Waals surface area contributed by atoms with Gasteiger partial charge in [-0.25, -0.2) is 4.79 Å². The molecule has 1 saturated carbocycles. The molecule has 0 saturated heterocycles. The van der Waals surface area contributed by atoms with Crippen LogP contribution in [0.4, 0.5) is 16.2 Å². The number of nitrogens with one attached hydrogen (secondary N) is 2. The number of rotatable bonds is 5. The second kappa shape index (κ2) is 7.01. The molecule has 1 aliphatic carbocycles.